The predicted octanol–water partition coefficient (Wildman–Crippen LogP) is 1.29. The highest BCUT2D eigenvalue weighted by Crippen LogP contribution is 2.50. The third-order valence-corrected chi connectivity index (χ3v) is 4.66. The van der Waals surface area contributed by atoms with Gasteiger partial charge < -0.3 is 15.5 Å². The number of alkyl halides is 2. The summed E-state index contributed by atoms with van der Waals surface area (Å²) in [6.07, 6.45) is 0.982. The van der Waals surface area contributed by atoms with Crippen LogP contribution in [0.4, 0.5) is 8.78 Å². The first-order chi connectivity index (χ1) is 7.93. The molecule has 1 saturated carbocycles. The Hall–Kier alpha value is -0.260. The molecule has 2 rings (SSSR count). The van der Waals surface area contributed by atoms with E-state index in [1.165, 1.54) is 0 Å². The van der Waals surface area contributed by atoms with Crippen molar-refractivity contribution >= 4 is 0 Å². The van der Waals surface area contributed by atoms with Crippen molar-refractivity contribution in [2.24, 2.45) is 5.41 Å². The molecule has 0 aromatic heterocycles. The highest BCUT2D eigenvalue weighted by molar-refractivity contribution is 5.04. The van der Waals surface area contributed by atoms with E-state index in [2.05, 4.69) is 5.32 Å². The number of rotatable bonds is 2. The van der Waals surface area contributed by atoms with Gasteiger partial charge in [-0.3, -0.25) is 0 Å². The summed E-state index contributed by atoms with van der Waals surface area (Å²) in [5.41, 5.74) is -1.71. The summed E-state index contributed by atoms with van der Waals surface area (Å²) in [5.74, 6) is -2.64. The second-order valence-electron chi connectivity index (χ2n) is 5.58. The van der Waals surface area contributed by atoms with Crippen molar-refractivity contribution in [2.45, 2.75) is 50.0 Å². The lowest BCUT2D eigenvalue weighted by Crippen LogP contribution is -2.57. The molecule has 3 nitrogen and oxygen atoms in total. The molecule has 0 amide bonds. The van der Waals surface area contributed by atoms with Gasteiger partial charge in [0.2, 0.25) is 5.92 Å². The van der Waals surface area contributed by atoms with E-state index in [1.807, 2.05) is 0 Å². The van der Waals surface area contributed by atoms with Gasteiger partial charge in [0.15, 0.2) is 0 Å². The Bertz CT molecular complexity index is 268. The van der Waals surface area contributed by atoms with E-state index >= 15 is 0 Å². The first-order valence-electron chi connectivity index (χ1n) is 6.35. The molecule has 0 unspecified atom stereocenters. The van der Waals surface area contributed by atoms with Gasteiger partial charge in [-0.25, -0.2) is 8.78 Å². The normalized spacial score (nSPS) is 31.1. The Labute approximate surface area is 100 Å². The van der Waals surface area contributed by atoms with E-state index in [9.17, 15) is 19.0 Å². The molecule has 1 heterocycles. The molecule has 1 aliphatic carbocycles. The van der Waals surface area contributed by atoms with E-state index in [0.717, 1.165) is 13.1 Å². The molecule has 1 saturated heterocycles. The van der Waals surface area contributed by atoms with Crippen LogP contribution < -0.4 is 5.32 Å². The minimum absolute atomic E-state index is 0.0978. The second kappa shape index (κ2) is 4.44. The van der Waals surface area contributed by atoms with Crippen LogP contribution in [0, 0.1) is 5.41 Å². The smallest absolute Gasteiger partial charge is 0.248 e. The zero-order chi connectivity index (χ0) is 12.6. The molecule has 2 aliphatic rings. The molecule has 2 fully saturated rings. The van der Waals surface area contributed by atoms with Crippen molar-refractivity contribution in [3.63, 3.8) is 0 Å². The van der Waals surface area contributed by atoms with Crippen LogP contribution in [0.25, 0.3) is 0 Å². The highest BCUT2D eigenvalue weighted by atomic mass is 19.3. The monoisotopic (exact) mass is 249 g/mol. The maximum atomic E-state index is 13.2. The summed E-state index contributed by atoms with van der Waals surface area (Å²) < 4.78 is 26.3. The number of hydrogen-bond acceptors (Lipinski definition) is 3. The summed E-state index contributed by atoms with van der Waals surface area (Å²) in [4.78, 5) is 0. The van der Waals surface area contributed by atoms with Gasteiger partial charge in [0.25, 0.3) is 0 Å². The molecule has 0 aromatic carbocycles. The molecular formula is C12H21F2NO2. The fourth-order valence-electron chi connectivity index (χ4n) is 3.24. The van der Waals surface area contributed by atoms with E-state index < -0.39 is 16.9 Å². The number of aliphatic hydroxyl groups is 2. The van der Waals surface area contributed by atoms with Gasteiger partial charge in [-0.15, -0.1) is 0 Å². The van der Waals surface area contributed by atoms with Gasteiger partial charge >= 0.3 is 0 Å². The summed E-state index contributed by atoms with van der Waals surface area (Å²) in [5, 5.41) is 23.4. The lowest BCUT2D eigenvalue weighted by atomic mass is 9.60. The van der Waals surface area contributed by atoms with Gasteiger partial charge in [-0.1, -0.05) is 0 Å². The average molecular weight is 249 g/mol. The Morgan fingerprint density at radius 1 is 0.941 bits per heavy atom. The summed E-state index contributed by atoms with van der Waals surface area (Å²) >= 11 is 0. The van der Waals surface area contributed by atoms with E-state index in [0.29, 0.717) is 12.8 Å². The maximum Gasteiger partial charge on any atom is 0.248 e. The van der Waals surface area contributed by atoms with Crippen molar-refractivity contribution in [1.29, 1.82) is 0 Å². The minimum atomic E-state index is -2.64. The van der Waals surface area contributed by atoms with Crippen molar-refractivity contribution in [1.82, 2.24) is 5.32 Å². The highest BCUT2D eigenvalue weighted by Gasteiger charge is 2.54. The molecule has 100 valence electrons. The molecule has 0 spiro atoms. The maximum absolute atomic E-state index is 13.2. The second-order valence-corrected chi connectivity index (χ2v) is 5.58. The van der Waals surface area contributed by atoms with Crippen molar-refractivity contribution < 1.29 is 19.0 Å². The topological polar surface area (TPSA) is 52.5 Å². The van der Waals surface area contributed by atoms with Gasteiger partial charge in [0.05, 0.1) is 12.2 Å². The fraction of sp³-hybridized carbons (Fsp3) is 1.00. The third kappa shape index (κ3) is 2.33. The molecule has 1 aliphatic heterocycles. The first-order valence-corrected chi connectivity index (χ1v) is 6.35. The Morgan fingerprint density at radius 2 is 1.47 bits per heavy atom. The van der Waals surface area contributed by atoms with Crippen molar-refractivity contribution in [3.8, 4) is 0 Å². The molecule has 0 atom stereocenters. The molecular weight excluding hydrogens is 228 g/mol. The van der Waals surface area contributed by atoms with Crippen LogP contribution in [-0.2, 0) is 0 Å². The molecule has 0 aromatic rings. The van der Waals surface area contributed by atoms with Gasteiger partial charge in [0.1, 0.15) is 0 Å². The van der Waals surface area contributed by atoms with Gasteiger partial charge in [-0.2, -0.15) is 0 Å². The van der Waals surface area contributed by atoms with Crippen LogP contribution in [0.3, 0.4) is 0 Å². The molecule has 5 heteroatoms. The first kappa shape index (κ1) is 13.2. The molecule has 3 N–H and O–H groups in total. The SMILES string of the molecule is OCC1(C2(O)CCC(F)(F)CC2)CCNCC1. The molecule has 0 bridgehead atoms. The van der Waals surface area contributed by atoms with Gasteiger partial charge in [-0.05, 0) is 38.8 Å². The summed E-state index contributed by atoms with van der Waals surface area (Å²) in [7, 11) is 0. The third-order valence-electron chi connectivity index (χ3n) is 4.66. The number of aliphatic hydroxyl groups excluding tert-OH is 1. The standard InChI is InChI=1S/C12H21F2NO2/c13-12(14)3-1-11(17,2-4-12)10(9-16)5-7-15-8-6-10/h15-17H,1-9H2. The largest absolute Gasteiger partial charge is 0.396 e. The predicted molar refractivity (Wildman–Crippen MR) is 60.0 cm³/mol. The van der Waals surface area contributed by atoms with E-state index in [-0.39, 0.29) is 32.3 Å². The van der Waals surface area contributed by atoms with Crippen LogP contribution in [0.1, 0.15) is 38.5 Å². The van der Waals surface area contributed by atoms with Crippen molar-refractivity contribution in [2.75, 3.05) is 19.7 Å². The number of piperidine rings is 1. The quantitative estimate of drug-likeness (QED) is 0.691. The van der Waals surface area contributed by atoms with Crippen LogP contribution in [0.15, 0.2) is 0 Å². The Kier molecular flexibility index (Phi) is 3.45. The van der Waals surface area contributed by atoms with Crippen molar-refractivity contribution in [3.05, 3.63) is 0 Å². The average Bonchev–Trinajstić information content (AvgIpc) is 2.34. The Balaban J connectivity index is 2.13. The lowest BCUT2D eigenvalue weighted by Gasteiger charge is -2.51. The van der Waals surface area contributed by atoms with E-state index in [4.69, 9.17) is 0 Å². The minimum Gasteiger partial charge on any atom is -0.396 e. The van der Waals surface area contributed by atoms with Crippen LogP contribution >= 0.6 is 0 Å². The number of nitrogens with one attached hydrogen (secondary N) is 1. The van der Waals surface area contributed by atoms with Crippen LogP contribution in [-0.4, -0.2) is 41.4 Å². The van der Waals surface area contributed by atoms with Crippen LogP contribution in [0.2, 0.25) is 0 Å². The molecule has 17 heavy (non-hydrogen) atoms. The fourth-order valence-corrected chi connectivity index (χ4v) is 3.24. The summed E-state index contributed by atoms with van der Waals surface area (Å²) in [6, 6.07) is 0. The van der Waals surface area contributed by atoms with Gasteiger partial charge in [0, 0.05) is 18.3 Å². The zero-order valence-corrected chi connectivity index (χ0v) is 10.0. The Morgan fingerprint density at radius 3 is 1.94 bits per heavy atom. The number of hydrogen-bond donors (Lipinski definition) is 3. The zero-order valence-electron chi connectivity index (χ0n) is 10.0. The lowest BCUT2D eigenvalue weighted by molar-refractivity contribution is -0.179. The number of halogens is 2. The molecule has 0 radical (unpaired) electrons. The summed E-state index contributed by atoms with van der Waals surface area (Å²) in [6.45, 7) is 1.36. The van der Waals surface area contributed by atoms with E-state index in [1.54, 1.807) is 0 Å². The van der Waals surface area contributed by atoms with Crippen LogP contribution in [0.5, 0.6) is 0 Å².